The van der Waals surface area contributed by atoms with E-state index in [2.05, 4.69) is 20.2 Å². The summed E-state index contributed by atoms with van der Waals surface area (Å²) in [6.07, 6.45) is 4.33. The summed E-state index contributed by atoms with van der Waals surface area (Å²) in [6.45, 7) is 1.31. The van der Waals surface area contributed by atoms with Crippen LogP contribution in [-0.4, -0.2) is 43.7 Å². The van der Waals surface area contributed by atoms with Gasteiger partial charge in [-0.1, -0.05) is 6.07 Å². The number of carbonyl (C=O) groups is 1. The molecule has 7 rings (SSSR count). The van der Waals surface area contributed by atoms with E-state index in [1.807, 2.05) is 22.6 Å². The Hall–Kier alpha value is -3.59. The summed E-state index contributed by atoms with van der Waals surface area (Å²) in [6, 6.07) is 7.63. The second-order valence-electron chi connectivity index (χ2n) is 8.42. The van der Waals surface area contributed by atoms with Crippen molar-refractivity contribution in [1.82, 2.24) is 24.6 Å². The third-order valence-corrected chi connectivity index (χ3v) is 6.70. The van der Waals surface area contributed by atoms with Crippen LogP contribution >= 0.6 is 0 Å². The van der Waals surface area contributed by atoms with E-state index in [1.54, 1.807) is 17.2 Å². The van der Waals surface area contributed by atoms with Crippen molar-refractivity contribution in [3.8, 4) is 0 Å². The highest BCUT2D eigenvalue weighted by atomic mass is 16.5. The molecular formula is C22H18N6O3. The summed E-state index contributed by atoms with van der Waals surface area (Å²) in [5, 5.41) is 8.54. The first-order chi connectivity index (χ1) is 15.2. The molecule has 2 unspecified atom stereocenters. The molecule has 3 aliphatic rings. The molecule has 1 aromatic carbocycles. The second-order valence-corrected chi connectivity index (χ2v) is 8.42. The lowest BCUT2D eigenvalue weighted by Gasteiger charge is -2.21. The Morgan fingerprint density at radius 2 is 2.13 bits per heavy atom. The number of fused-ring (bicyclic) bond motifs is 8. The summed E-state index contributed by atoms with van der Waals surface area (Å²) in [5.74, 6) is 1.47. The fraction of sp³-hybridized carbons (Fsp3) is 0.318. The molecular weight excluding hydrogens is 396 g/mol. The first kappa shape index (κ1) is 17.1. The predicted octanol–water partition coefficient (Wildman–Crippen LogP) is 2.12. The van der Waals surface area contributed by atoms with Crippen LogP contribution in [0.4, 0.5) is 5.82 Å². The Balaban J connectivity index is 1.48. The number of aromatic nitrogens is 5. The SMILES string of the molecule is O=C1c2cc3[nH]c(=O)c4nnc(C5CCCOC5)n4c3cc2C2Cc3cccnc3N12. The number of hydrogen-bond acceptors (Lipinski definition) is 6. The number of carbonyl (C=O) groups excluding carboxylic acids is 1. The molecule has 1 fully saturated rings. The number of benzene rings is 1. The van der Waals surface area contributed by atoms with Crippen LogP contribution in [0.3, 0.4) is 0 Å². The van der Waals surface area contributed by atoms with E-state index in [0.29, 0.717) is 17.7 Å². The number of nitrogens with one attached hydrogen (secondary N) is 1. The molecule has 31 heavy (non-hydrogen) atoms. The number of H-pyrrole nitrogens is 1. The monoisotopic (exact) mass is 414 g/mol. The fourth-order valence-electron chi connectivity index (χ4n) is 5.29. The van der Waals surface area contributed by atoms with Crippen molar-refractivity contribution in [3.05, 3.63) is 63.3 Å². The van der Waals surface area contributed by atoms with Crippen LogP contribution in [0.25, 0.3) is 16.7 Å². The molecule has 2 atom stereocenters. The van der Waals surface area contributed by atoms with Gasteiger partial charge in [-0.3, -0.25) is 18.9 Å². The molecule has 1 N–H and O–H groups in total. The maximum Gasteiger partial charge on any atom is 0.294 e. The molecule has 9 nitrogen and oxygen atoms in total. The number of nitrogens with zero attached hydrogens (tertiary/aromatic N) is 5. The standard InChI is InChI=1S/C22H18N6O3/c29-21-20-26-25-19(12-4-2-6-31-10-12)27(20)17-9-13-14(8-15(17)24-21)22(30)28-16(13)7-11-3-1-5-23-18(11)28/h1,3,5,8-9,12,16H,2,4,6-7,10H2,(H,24,29). The maximum atomic E-state index is 13.2. The van der Waals surface area contributed by atoms with Crippen molar-refractivity contribution < 1.29 is 9.53 Å². The lowest BCUT2D eigenvalue weighted by atomic mass is 9.99. The van der Waals surface area contributed by atoms with Crippen molar-refractivity contribution >= 4 is 28.4 Å². The van der Waals surface area contributed by atoms with Crippen LogP contribution in [0.2, 0.25) is 0 Å². The molecule has 4 aromatic rings. The number of amides is 1. The zero-order valence-electron chi connectivity index (χ0n) is 16.5. The van der Waals surface area contributed by atoms with Crippen molar-refractivity contribution in [1.29, 1.82) is 0 Å². The largest absolute Gasteiger partial charge is 0.381 e. The molecule has 0 radical (unpaired) electrons. The molecule has 0 spiro atoms. The molecule has 0 saturated carbocycles. The van der Waals surface area contributed by atoms with Gasteiger partial charge < -0.3 is 9.72 Å². The lowest BCUT2D eigenvalue weighted by molar-refractivity contribution is 0.0778. The molecule has 0 bridgehead atoms. The molecule has 154 valence electrons. The van der Waals surface area contributed by atoms with Gasteiger partial charge in [-0.05, 0) is 42.2 Å². The third kappa shape index (κ3) is 2.21. The van der Waals surface area contributed by atoms with Crippen molar-refractivity contribution in [2.75, 3.05) is 18.1 Å². The average molecular weight is 414 g/mol. The molecule has 1 amide bonds. The number of anilines is 1. The van der Waals surface area contributed by atoms with Gasteiger partial charge in [0.25, 0.3) is 11.5 Å². The van der Waals surface area contributed by atoms with Crippen molar-refractivity contribution in [3.63, 3.8) is 0 Å². The number of aromatic amines is 1. The van der Waals surface area contributed by atoms with Gasteiger partial charge in [-0.2, -0.15) is 0 Å². The van der Waals surface area contributed by atoms with E-state index in [-0.39, 0.29) is 29.1 Å². The molecule has 1 saturated heterocycles. The van der Waals surface area contributed by atoms with Crippen LogP contribution in [0.5, 0.6) is 0 Å². The molecule has 6 heterocycles. The first-order valence-corrected chi connectivity index (χ1v) is 10.5. The van der Waals surface area contributed by atoms with Gasteiger partial charge in [0.15, 0.2) is 0 Å². The van der Waals surface area contributed by atoms with E-state index in [4.69, 9.17) is 4.74 Å². The molecule has 3 aliphatic heterocycles. The van der Waals surface area contributed by atoms with E-state index in [0.717, 1.165) is 54.2 Å². The molecule has 0 aliphatic carbocycles. The van der Waals surface area contributed by atoms with Crippen LogP contribution in [0.15, 0.2) is 35.3 Å². The molecule has 9 heteroatoms. The van der Waals surface area contributed by atoms with E-state index < -0.39 is 0 Å². The Labute approximate surface area is 175 Å². The Bertz CT molecular complexity index is 1470. The molecule has 3 aromatic heterocycles. The van der Waals surface area contributed by atoms with E-state index >= 15 is 0 Å². The van der Waals surface area contributed by atoms with Crippen LogP contribution in [-0.2, 0) is 11.2 Å². The van der Waals surface area contributed by atoms with Crippen molar-refractivity contribution in [2.45, 2.75) is 31.2 Å². The Morgan fingerprint density at radius 1 is 1.19 bits per heavy atom. The van der Waals surface area contributed by atoms with Gasteiger partial charge in [0, 0.05) is 30.7 Å². The number of rotatable bonds is 1. The summed E-state index contributed by atoms with van der Waals surface area (Å²) in [4.78, 5) is 35.1. The summed E-state index contributed by atoms with van der Waals surface area (Å²) in [7, 11) is 0. The van der Waals surface area contributed by atoms with E-state index in [1.165, 1.54) is 0 Å². The number of hydrogen-bond donors (Lipinski definition) is 1. The van der Waals surface area contributed by atoms with Gasteiger partial charge in [-0.25, -0.2) is 4.98 Å². The van der Waals surface area contributed by atoms with Gasteiger partial charge in [0.1, 0.15) is 11.6 Å². The summed E-state index contributed by atoms with van der Waals surface area (Å²) >= 11 is 0. The van der Waals surface area contributed by atoms with Crippen LogP contribution in [0, 0.1) is 0 Å². The summed E-state index contributed by atoms with van der Waals surface area (Å²) in [5.41, 5.74) is 3.99. The van der Waals surface area contributed by atoms with Gasteiger partial charge in [0.05, 0.1) is 23.7 Å². The smallest absolute Gasteiger partial charge is 0.294 e. The summed E-state index contributed by atoms with van der Waals surface area (Å²) < 4.78 is 7.50. The van der Waals surface area contributed by atoms with Gasteiger partial charge in [0.2, 0.25) is 5.65 Å². The van der Waals surface area contributed by atoms with Crippen molar-refractivity contribution in [2.24, 2.45) is 0 Å². The topological polar surface area (TPSA) is 105 Å². The third-order valence-electron chi connectivity index (χ3n) is 6.70. The second kappa shape index (κ2) is 5.98. The quantitative estimate of drug-likeness (QED) is 0.511. The minimum absolute atomic E-state index is 0.0787. The predicted molar refractivity (Wildman–Crippen MR) is 111 cm³/mol. The number of pyridine rings is 1. The zero-order chi connectivity index (χ0) is 20.7. The highest BCUT2D eigenvalue weighted by Gasteiger charge is 2.44. The highest BCUT2D eigenvalue weighted by Crippen LogP contribution is 2.46. The fourth-order valence-corrected chi connectivity index (χ4v) is 5.29. The Morgan fingerprint density at radius 3 is 3.00 bits per heavy atom. The highest BCUT2D eigenvalue weighted by molar-refractivity contribution is 6.13. The normalized spacial score (nSPS) is 22.2. The minimum atomic E-state index is -0.319. The maximum absolute atomic E-state index is 13.2. The number of ether oxygens (including phenoxy) is 1. The van der Waals surface area contributed by atoms with Crippen LogP contribution in [0.1, 0.15) is 52.1 Å². The van der Waals surface area contributed by atoms with Crippen LogP contribution < -0.4 is 10.5 Å². The first-order valence-electron chi connectivity index (χ1n) is 10.5. The van der Waals surface area contributed by atoms with Gasteiger partial charge in [-0.15, -0.1) is 10.2 Å². The van der Waals surface area contributed by atoms with E-state index in [9.17, 15) is 9.59 Å². The lowest BCUT2D eigenvalue weighted by Crippen LogP contribution is -2.24. The minimum Gasteiger partial charge on any atom is -0.381 e. The van der Waals surface area contributed by atoms with Gasteiger partial charge >= 0.3 is 0 Å². The average Bonchev–Trinajstić information content (AvgIpc) is 3.47. The zero-order valence-corrected chi connectivity index (χ0v) is 16.5. The Kier molecular flexibility index (Phi) is 3.30.